The lowest BCUT2D eigenvalue weighted by Crippen LogP contribution is -2.44. The number of methoxy groups -OCH3 is 1. The van der Waals surface area contributed by atoms with Gasteiger partial charge < -0.3 is 15.4 Å². The number of hydrogen-bond donors (Lipinski definition) is 2. The standard InChI is InChI=1S/C15H24N2O2/c1-15(2,3)17-14(18)10-16-9-12-5-7-13(8-6-12)11-19-4/h5-8,16H,9-11H2,1-4H3,(H,17,18). The predicted octanol–water partition coefficient (Wildman–Crippen LogP) is 1.84. The average Bonchev–Trinajstić information content (AvgIpc) is 2.29. The van der Waals surface area contributed by atoms with Crippen molar-refractivity contribution in [2.75, 3.05) is 13.7 Å². The molecule has 0 radical (unpaired) electrons. The molecule has 2 N–H and O–H groups in total. The van der Waals surface area contributed by atoms with Crippen LogP contribution in [0.5, 0.6) is 0 Å². The Balaban J connectivity index is 2.31. The summed E-state index contributed by atoms with van der Waals surface area (Å²) in [6, 6.07) is 8.16. The van der Waals surface area contributed by atoms with Gasteiger partial charge >= 0.3 is 0 Å². The number of benzene rings is 1. The molecule has 0 aliphatic carbocycles. The molecule has 0 atom stereocenters. The Morgan fingerprint density at radius 3 is 2.26 bits per heavy atom. The lowest BCUT2D eigenvalue weighted by molar-refractivity contribution is -0.121. The summed E-state index contributed by atoms with van der Waals surface area (Å²) in [5.41, 5.74) is 2.13. The van der Waals surface area contributed by atoms with E-state index < -0.39 is 0 Å². The van der Waals surface area contributed by atoms with Gasteiger partial charge in [-0.15, -0.1) is 0 Å². The third kappa shape index (κ3) is 6.94. The Hall–Kier alpha value is -1.39. The molecule has 0 fully saturated rings. The minimum Gasteiger partial charge on any atom is -0.380 e. The molecule has 106 valence electrons. The fraction of sp³-hybridized carbons (Fsp3) is 0.533. The molecule has 0 saturated heterocycles. The molecule has 4 heteroatoms. The Morgan fingerprint density at radius 2 is 1.74 bits per heavy atom. The van der Waals surface area contributed by atoms with Crippen molar-refractivity contribution in [2.45, 2.75) is 39.5 Å². The molecule has 0 saturated carbocycles. The number of hydrogen-bond acceptors (Lipinski definition) is 3. The molecule has 1 aromatic rings. The summed E-state index contributed by atoms with van der Waals surface area (Å²) < 4.78 is 5.06. The molecular formula is C15H24N2O2. The maximum Gasteiger partial charge on any atom is 0.234 e. The van der Waals surface area contributed by atoms with Crippen molar-refractivity contribution >= 4 is 5.91 Å². The highest BCUT2D eigenvalue weighted by Crippen LogP contribution is 2.05. The van der Waals surface area contributed by atoms with Gasteiger partial charge in [0.1, 0.15) is 0 Å². The fourth-order valence-electron chi connectivity index (χ4n) is 1.70. The van der Waals surface area contributed by atoms with Crippen molar-refractivity contribution in [3.8, 4) is 0 Å². The molecule has 0 aromatic heterocycles. The highest BCUT2D eigenvalue weighted by atomic mass is 16.5. The summed E-state index contributed by atoms with van der Waals surface area (Å²) in [6.45, 7) is 7.56. The molecule has 0 spiro atoms. The first-order chi connectivity index (χ1) is 8.90. The Morgan fingerprint density at radius 1 is 1.16 bits per heavy atom. The van der Waals surface area contributed by atoms with Crippen LogP contribution in [0, 0.1) is 0 Å². The number of nitrogens with one attached hydrogen (secondary N) is 2. The molecular weight excluding hydrogens is 240 g/mol. The van der Waals surface area contributed by atoms with Crippen LogP contribution in [-0.2, 0) is 22.7 Å². The Labute approximate surface area is 115 Å². The lowest BCUT2D eigenvalue weighted by Gasteiger charge is -2.20. The number of carbonyl (C=O) groups excluding carboxylic acids is 1. The van der Waals surface area contributed by atoms with Crippen molar-refractivity contribution < 1.29 is 9.53 Å². The summed E-state index contributed by atoms with van der Waals surface area (Å²) in [4.78, 5) is 11.6. The van der Waals surface area contributed by atoms with Crippen molar-refractivity contribution in [1.29, 1.82) is 0 Å². The van der Waals surface area contributed by atoms with Gasteiger partial charge in [0.05, 0.1) is 13.2 Å². The highest BCUT2D eigenvalue weighted by molar-refractivity contribution is 5.78. The van der Waals surface area contributed by atoms with Gasteiger partial charge in [-0.3, -0.25) is 4.79 Å². The van der Waals surface area contributed by atoms with Gasteiger partial charge in [0.15, 0.2) is 0 Å². The zero-order chi connectivity index (χ0) is 14.3. The zero-order valence-corrected chi connectivity index (χ0v) is 12.2. The van der Waals surface area contributed by atoms with E-state index in [0.717, 1.165) is 11.1 Å². The van der Waals surface area contributed by atoms with Crippen LogP contribution in [0.4, 0.5) is 0 Å². The van der Waals surface area contributed by atoms with E-state index >= 15 is 0 Å². The Bertz CT molecular complexity index is 394. The number of carbonyl (C=O) groups is 1. The second kappa shape index (κ2) is 7.26. The predicted molar refractivity (Wildman–Crippen MR) is 76.8 cm³/mol. The minimum atomic E-state index is -0.180. The summed E-state index contributed by atoms with van der Waals surface area (Å²) in [7, 11) is 1.68. The monoisotopic (exact) mass is 264 g/mol. The first kappa shape index (κ1) is 15.7. The van der Waals surface area contributed by atoms with Crippen molar-refractivity contribution in [3.63, 3.8) is 0 Å². The lowest BCUT2D eigenvalue weighted by atomic mass is 10.1. The quantitative estimate of drug-likeness (QED) is 0.824. The van der Waals surface area contributed by atoms with Crippen LogP contribution in [0.1, 0.15) is 31.9 Å². The van der Waals surface area contributed by atoms with Gasteiger partial charge in [-0.1, -0.05) is 24.3 Å². The van der Waals surface area contributed by atoms with Gasteiger partial charge in [-0.25, -0.2) is 0 Å². The van der Waals surface area contributed by atoms with E-state index in [1.165, 1.54) is 0 Å². The van der Waals surface area contributed by atoms with Crippen molar-refractivity contribution in [1.82, 2.24) is 10.6 Å². The molecule has 1 amide bonds. The largest absolute Gasteiger partial charge is 0.380 e. The number of rotatable bonds is 6. The van der Waals surface area contributed by atoms with E-state index in [1.807, 2.05) is 45.0 Å². The SMILES string of the molecule is COCc1ccc(CNCC(=O)NC(C)(C)C)cc1. The van der Waals surface area contributed by atoms with E-state index in [9.17, 15) is 4.79 Å². The van der Waals surface area contributed by atoms with Crippen molar-refractivity contribution in [3.05, 3.63) is 35.4 Å². The van der Waals surface area contributed by atoms with E-state index in [4.69, 9.17) is 4.74 Å². The van der Waals surface area contributed by atoms with Gasteiger partial charge in [-0.2, -0.15) is 0 Å². The molecule has 19 heavy (non-hydrogen) atoms. The first-order valence-corrected chi connectivity index (χ1v) is 6.49. The van der Waals surface area contributed by atoms with Crippen LogP contribution in [-0.4, -0.2) is 25.1 Å². The van der Waals surface area contributed by atoms with Crippen LogP contribution in [0.25, 0.3) is 0 Å². The van der Waals surface area contributed by atoms with Gasteiger partial charge in [-0.05, 0) is 31.9 Å². The molecule has 4 nitrogen and oxygen atoms in total. The minimum absolute atomic E-state index is 0.0171. The van der Waals surface area contributed by atoms with E-state index in [0.29, 0.717) is 19.7 Å². The topological polar surface area (TPSA) is 50.4 Å². The first-order valence-electron chi connectivity index (χ1n) is 6.49. The molecule has 0 unspecified atom stereocenters. The fourth-order valence-corrected chi connectivity index (χ4v) is 1.70. The van der Waals surface area contributed by atoms with Crippen LogP contribution in [0.15, 0.2) is 24.3 Å². The molecule has 0 aliphatic rings. The third-order valence-electron chi connectivity index (χ3n) is 2.46. The van der Waals surface area contributed by atoms with Crippen LogP contribution >= 0.6 is 0 Å². The average molecular weight is 264 g/mol. The summed E-state index contributed by atoms with van der Waals surface area (Å²) in [5.74, 6) is 0.0171. The summed E-state index contributed by atoms with van der Waals surface area (Å²) in [6.07, 6.45) is 0. The number of ether oxygens (including phenoxy) is 1. The van der Waals surface area contributed by atoms with Crippen LogP contribution in [0.2, 0.25) is 0 Å². The van der Waals surface area contributed by atoms with E-state index in [-0.39, 0.29) is 11.4 Å². The van der Waals surface area contributed by atoms with Gasteiger partial charge in [0.2, 0.25) is 5.91 Å². The normalized spacial score (nSPS) is 11.4. The molecule has 0 heterocycles. The van der Waals surface area contributed by atoms with E-state index in [1.54, 1.807) is 7.11 Å². The van der Waals surface area contributed by atoms with E-state index in [2.05, 4.69) is 10.6 Å². The summed E-state index contributed by atoms with van der Waals surface area (Å²) >= 11 is 0. The van der Waals surface area contributed by atoms with Crippen LogP contribution < -0.4 is 10.6 Å². The maximum absolute atomic E-state index is 11.6. The summed E-state index contributed by atoms with van der Waals surface area (Å²) in [5, 5.41) is 6.05. The number of amides is 1. The molecule has 1 aromatic carbocycles. The second-order valence-electron chi connectivity index (χ2n) is 5.65. The second-order valence-corrected chi connectivity index (χ2v) is 5.65. The van der Waals surface area contributed by atoms with Crippen LogP contribution in [0.3, 0.4) is 0 Å². The van der Waals surface area contributed by atoms with Crippen molar-refractivity contribution in [2.24, 2.45) is 0 Å². The Kier molecular flexibility index (Phi) is 5.99. The molecule has 0 bridgehead atoms. The highest BCUT2D eigenvalue weighted by Gasteiger charge is 2.12. The molecule has 1 rings (SSSR count). The third-order valence-corrected chi connectivity index (χ3v) is 2.46. The molecule has 0 aliphatic heterocycles. The zero-order valence-electron chi connectivity index (χ0n) is 12.2. The van der Waals surface area contributed by atoms with Gasteiger partial charge in [0.25, 0.3) is 0 Å². The van der Waals surface area contributed by atoms with Gasteiger partial charge in [0, 0.05) is 19.2 Å². The maximum atomic E-state index is 11.6. The smallest absolute Gasteiger partial charge is 0.234 e.